The lowest BCUT2D eigenvalue weighted by molar-refractivity contribution is -0.131. The highest BCUT2D eigenvalue weighted by Crippen LogP contribution is 2.28. The zero-order valence-electron chi connectivity index (χ0n) is 13.5. The van der Waals surface area contributed by atoms with Crippen molar-refractivity contribution in [2.24, 2.45) is 0 Å². The maximum Gasteiger partial charge on any atom is 0.265 e. The molecule has 2 aromatic carbocycles. The lowest BCUT2D eigenvalue weighted by Crippen LogP contribution is -2.45. The predicted molar refractivity (Wildman–Crippen MR) is 89.7 cm³/mol. The van der Waals surface area contributed by atoms with Gasteiger partial charge in [-0.25, -0.2) is 5.48 Å². The largest absolute Gasteiger partial charge is 0.377 e. The second-order valence-corrected chi connectivity index (χ2v) is 5.48. The van der Waals surface area contributed by atoms with Gasteiger partial charge in [0.2, 0.25) is 0 Å². The highest BCUT2D eigenvalue weighted by atomic mass is 16.5. The average molecular weight is 315 g/mol. The summed E-state index contributed by atoms with van der Waals surface area (Å²) >= 11 is 0. The van der Waals surface area contributed by atoms with E-state index in [0.717, 1.165) is 16.5 Å². The smallest absolute Gasteiger partial charge is 0.265 e. The van der Waals surface area contributed by atoms with Crippen molar-refractivity contribution in [1.29, 1.82) is 0 Å². The number of carbonyl (C=O) groups excluding carboxylic acids is 2. The third-order valence-electron chi connectivity index (χ3n) is 3.77. The van der Waals surface area contributed by atoms with Gasteiger partial charge in [-0.1, -0.05) is 31.2 Å². The molecule has 0 spiro atoms. The van der Waals surface area contributed by atoms with Crippen LogP contribution < -0.4 is 15.7 Å². The van der Waals surface area contributed by atoms with E-state index in [1.54, 1.807) is 18.5 Å². The van der Waals surface area contributed by atoms with E-state index >= 15 is 0 Å². The molecular formula is C17H21N3O3. The number of benzene rings is 2. The molecule has 0 aliphatic carbocycles. The molecule has 0 radical (unpaired) electrons. The Bertz CT molecular complexity index is 728. The van der Waals surface area contributed by atoms with E-state index in [4.69, 9.17) is 5.21 Å². The first kappa shape index (κ1) is 16.8. The van der Waals surface area contributed by atoms with Crippen molar-refractivity contribution in [3.63, 3.8) is 0 Å². The molecule has 6 heteroatoms. The third-order valence-corrected chi connectivity index (χ3v) is 3.77. The number of anilines is 1. The molecule has 0 heterocycles. The Morgan fingerprint density at radius 3 is 2.35 bits per heavy atom. The zero-order chi connectivity index (χ0) is 17.0. The second-order valence-electron chi connectivity index (χ2n) is 5.48. The summed E-state index contributed by atoms with van der Waals surface area (Å²) in [5, 5.41) is 13.2. The van der Waals surface area contributed by atoms with Crippen LogP contribution in [0, 0.1) is 0 Å². The van der Waals surface area contributed by atoms with E-state index in [-0.39, 0.29) is 5.91 Å². The number of hydrogen-bond donors (Lipinski definition) is 3. The van der Waals surface area contributed by atoms with E-state index in [9.17, 15) is 9.59 Å². The minimum atomic E-state index is -0.778. The van der Waals surface area contributed by atoms with Crippen molar-refractivity contribution in [1.82, 2.24) is 10.8 Å². The summed E-state index contributed by atoms with van der Waals surface area (Å²) in [7, 11) is 3.89. The Morgan fingerprint density at radius 2 is 1.78 bits per heavy atom. The van der Waals surface area contributed by atoms with Gasteiger partial charge >= 0.3 is 0 Å². The minimum Gasteiger partial charge on any atom is -0.377 e. The van der Waals surface area contributed by atoms with Gasteiger partial charge in [0.05, 0.1) is 0 Å². The van der Waals surface area contributed by atoms with E-state index in [1.165, 1.54) is 0 Å². The quantitative estimate of drug-likeness (QED) is 0.581. The van der Waals surface area contributed by atoms with Gasteiger partial charge in [0.1, 0.15) is 6.04 Å². The fourth-order valence-corrected chi connectivity index (χ4v) is 2.54. The summed E-state index contributed by atoms with van der Waals surface area (Å²) in [5.41, 5.74) is 3.08. The molecule has 0 aliphatic heterocycles. The van der Waals surface area contributed by atoms with Crippen LogP contribution in [0.5, 0.6) is 0 Å². The molecule has 0 saturated carbocycles. The van der Waals surface area contributed by atoms with Gasteiger partial charge in [-0.3, -0.25) is 14.8 Å². The predicted octanol–water partition coefficient (Wildman–Crippen LogP) is 1.92. The van der Waals surface area contributed by atoms with Crippen LogP contribution in [0.2, 0.25) is 0 Å². The SMILES string of the molecule is CCC(NC(=O)c1ccc(N(C)C)c2ccccc12)C(=O)NO. The highest BCUT2D eigenvalue weighted by Gasteiger charge is 2.20. The fraction of sp³-hybridized carbons (Fsp3) is 0.294. The molecule has 0 bridgehead atoms. The van der Waals surface area contributed by atoms with Crippen molar-refractivity contribution in [2.45, 2.75) is 19.4 Å². The number of hydrogen-bond acceptors (Lipinski definition) is 4. The summed E-state index contributed by atoms with van der Waals surface area (Å²) in [6.07, 6.45) is 0.381. The number of fused-ring (bicyclic) bond motifs is 1. The van der Waals surface area contributed by atoms with Crippen LogP contribution in [0.1, 0.15) is 23.7 Å². The number of nitrogens with zero attached hydrogens (tertiary/aromatic N) is 1. The van der Waals surface area contributed by atoms with E-state index < -0.39 is 11.9 Å². The summed E-state index contributed by atoms with van der Waals surface area (Å²) in [6.45, 7) is 1.76. The third kappa shape index (κ3) is 3.43. The molecule has 3 N–H and O–H groups in total. The van der Waals surface area contributed by atoms with E-state index in [2.05, 4.69) is 5.32 Å². The molecule has 122 valence electrons. The number of amides is 2. The zero-order valence-corrected chi connectivity index (χ0v) is 13.5. The van der Waals surface area contributed by atoms with Crippen LogP contribution in [0.15, 0.2) is 36.4 Å². The van der Waals surface area contributed by atoms with Crippen molar-refractivity contribution in [3.8, 4) is 0 Å². The highest BCUT2D eigenvalue weighted by molar-refractivity contribution is 6.11. The Kier molecular flexibility index (Phi) is 5.18. The number of carbonyl (C=O) groups is 2. The molecule has 0 aliphatic rings. The Hall–Kier alpha value is -2.60. The normalized spacial score (nSPS) is 11.8. The Morgan fingerprint density at radius 1 is 1.13 bits per heavy atom. The molecule has 1 atom stereocenters. The lowest BCUT2D eigenvalue weighted by atomic mass is 10.0. The molecule has 6 nitrogen and oxygen atoms in total. The molecule has 0 aromatic heterocycles. The van der Waals surface area contributed by atoms with Crippen molar-refractivity contribution in [3.05, 3.63) is 42.0 Å². The summed E-state index contributed by atoms with van der Waals surface area (Å²) in [6, 6.07) is 10.5. The van der Waals surface area contributed by atoms with Gasteiger partial charge in [-0.05, 0) is 23.9 Å². The molecule has 0 saturated heterocycles. The molecule has 0 fully saturated rings. The Balaban J connectivity index is 2.42. The molecule has 1 unspecified atom stereocenters. The summed E-state index contributed by atoms with van der Waals surface area (Å²) in [4.78, 5) is 26.1. The molecule has 2 aromatic rings. The van der Waals surface area contributed by atoms with Gasteiger partial charge < -0.3 is 10.2 Å². The lowest BCUT2D eigenvalue weighted by Gasteiger charge is -2.19. The first-order valence-electron chi connectivity index (χ1n) is 7.43. The van der Waals surface area contributed by atoms with Crippen LogP contribution in [0.3, 0.4) is 0 Å². The number of rotatable bonds is 5. The molecule has 2 rings (SSSR count). The van der Waals surface area contributed by atoms with Gasteiger partial charge in [0.25, 0.3) is 11.8 Å². The first-order valence-corrected chi connectivity index (χ1v) is 7.43. The van der Waals surface area contributed by atoms with E-state index in [0.29, 0.717) is 12.0 Å². The number of nitrogens with one attached hydrogen (secondary N) is 2. The van der Waals surface area contributed by atoms with Gasteiger partial charge in [-0.2, -0.15) is 0 Å². The topological polar surface area (TPSA) is 81.7 Å². The van der Waals surface area contributed by atoms with Gasteiger partial charge in [0.15, 0.2) is 0 Å². The second kappa shape index (κ2) is 7.11. The monoisotopic (exact) mass is 315 g/mol. The average Bonchev–Trinajstić information content (AvgIpc) is 2.57. The van der Waals surface area contributed by atoms with Crippen molar-refractivity contribution < 1.29 is 14.8 Å². The molecular weight excluding hydrogens is 294 g/mol. The minimum absolute atomic E-state index is 0.345. The number of hydroxylamine groups is 1. The maximum atomic E-state index is 12.5. The van der Waals surface area contributed by atoms with Crippen LogP contribution in [-0.2, 0) is 4.79 Å². The summed E-state index contributed by atoms with van der Waals surface area (Å²) in [5.74, 6) is -0.975. The van der Waals surface area contributed by atoms with Crippen LogP contribution >= 0.6 is 0 Å². The fourth-order valence-electron chi connectivity index (χ4n) is 2.54. The van der Waals surface area contributed by atoms with E-state index in [1.807, 2.05) is 49.3 Å². The molecule has 23 heavy (non-hydrogen) atoms. The van der Waals surface area contributed by atoms with Gasteiger partial charge in [-0.15, -0.1) is 0 Å². The van der Waals surface area contributed by atoms with Crippen LogP contribution in [0.25, 0.3) is 10.8 Å². The van der Waals surface area contributed by atoms with Gasteiger partial charge in [0, 0.05) is 30.7 Å². The van der Waals surface area contributed by atoms with Crippen LogP contribution in [0.4, 0.5) is 5.69 Å². The first-order chi connectivity index (χ1) is 11.0. The Labute approximate surface area is 135 Å². The summed E-state index contributed by atoms with van der Waals surface area (Å²) < 4.78 is 0. The standard InChI is InChI=1S/C17H21N3O3/c1-4-14(17(22)19-23)18-16(21)13-9-10-15(20(2)3)12-8-6-5-7-11(12)13/h5-10,14,23H,4H2,1-3H3,(H,18,21)(H,19,22). The van der Waals surface area contributed by atoms with Crippen molar-refractivity contribution in [2.75, 3.05) is 19.0 Å². The van der Waals surface area contributed by atoms with Crippen molar-refractivity contribution >= 4 is 28.3 Å². The van der Waals surface area contributed by atoms with Crippen LogP contribution in [-0.4, -0.2) is 37.2 Å². The maximum absolute atomic E-state index is 12.5. The molecule has 2 amide bonds.